The van der Waals surface area contributed by atoms with Crippen molar-refractivity contribution in [2.24, 2.45) is 0 Å². The highest BCUT2D eigenvalue weighted by atomic mass is 16.5. The van der Waals surface area contributed by atoms with Gasteiger partial charge in [0, 0.05) is 19.7 Å². The highest BCUT2D eigenvalue weighted by Gasteiger charge is 2.33. The van der Waals surface area contributed by atoms with Crippen molar-refractivity contribution in [3.05, 3.63) is 0 Å². The van der Waals surface area contributed by atoms with E-state index in [0.717, 1.165) is 12.8 Å². The van der Waals surface area contributed by atoms with E-state index in [4.69, 9.17) is 9.84 Å². The van der Waals surface area contributed by atoms with Gasteiger partial charge in [0.1, 0.15) is 0 Å². The van der Waals surface area contributed by atoms with E-state index in [1.54, 1.807) is 12.0 Å². The monoisotopic (exact) mass is 272 g/mol. The maximum Gasteiger partial charge on any atom is 0.317 e. The molecule has 1 fully saturated rings. The Labute approximate surface area is 114 Å². The normalized spacial score (nSPS) is 24.9. The lowest BCUT2D eigenvalue weighted by molar-refractivity contribution is -0.137. The number of amides is 2. The molecule has 1 aliphatic heterocycles. The van der Waals surface area contributed by atoms with E-state index in [1.807, 2.05) is 13.8 Å². The summed E-state index contributed by atoms with van der Waals surface area (Å²) >= 11 is 0. The largest absolute Gasteiger partial charge is 0.481 e. The van der Waals surface area contributed by atoms with Gasteiger partial charge < -0.3 is 20.1 Å². The third-order valence-corrected chi connectivity index (χ3v) is 3.68. The third kappa shape index (κ3) is 4.70. The summed E-state index contributed by atoms with van der Waals surface area (Å²) in [5.41, 5.74) is -0.301. The lowest BCUT2D eigenvalue weighted by atomic mass is 9.95. The molecule has 0 bridgehead atoms. The maximum atomic E-state index is 12.1. The SMILES string of the molecule is CCC(CC(=O)O)NC(=O)N1CCCC(C)(OC)C1. The number of ether oxygens (including phenoxy) is 1. The van der Waals surface area contributed by atoms with Gasteiger partial charge in [-0.3, -0.25) is 4.79 Å². The lowest BCUT2D eigenvalue weighted by Gasteiger charge is -2.39. The molecule has 0 spiro atoms. The molecule has 6 nitrogen and oxygen atoms in total. The summed E-state index contributed by atoms with van der Waals surface area (Å²) in [6.07, 6.45) is 2.39. The van der Waals surface area contributed by atoms with Crippen LogP contribution in [0, 0.1) is 0 Å². The van der Waals surface area contributed by atoms with E-state index in [9.17, 15) is 9.59 Å². The minimum absolute atomic E-state index is 0.0440. The number of likely N-dealkylation sites (tertiary alicyclic amines) is 1. The Bertz CT molecular complexity index is 335. The molecule has 0 aromatic carbocycles. The standard InChI is InChI=1S/C13H24N2O4/c1-4-10(8-11(16)17)14-12(18)15-7-5-6-13(2,9-15)19-3/h10H,4-9H2,1-3H3,(H,14,18)(H,16,17). The summed E-state index contributed by atoms with van der Waals surface area (Å²) in [4.78, 5) is 24.5. The minimum atomic E-state index is -0.896. The highest BCUT2D eigenvalue weighted by molar-refractivity contribution is 5.76. The number of hydrogen-bond acceptors (Lipinski definition) is 3. The van der Waals surface area contributed by atoms with Crippen LogP contribution in [0.4, 0.5) is 4.79 Å². The van der Waals surface area contributed by atoms with Gasteiger partial charge in [-0.25, -0.2) is 4.79 Å². The van der Waals surface area contributed by atoms with Crippen LogP contribution in [0.1, 0.15) is 39.5 Å². The van der Waals surface area contributed by atoms with Crippen molar-refractivity contribution >= 4 is 12.0 Å². The molecule has 0 radical (unpaired) electrons. The summed E-state index contributed by atoms with van der Waals surface area (Å²) in [6, 6.07) is -0.517. The van der Waals surface area contributed by atoms with E-state index in [-0.39, 0.29) is 24.1 Å². The number of rotatable bonds is 5. The van der Waals surface area contributed by atoms with Gasteiger partial charge in [0.25, 0.3) is 0 Å². The molecule has 19 heavy (non-hydrogen) atoms. The molecule has 110 valence electrons. The fraction of sp³-hybridized carbons (Fsp3) is 0.846. The van der Waals surface area contributed by atoms with Gasteiger partial charge in [0.15, 0.2) is 0 Å². The number of carbonyl (C=O) groups excluding carboxylic acids is 1. The van der Waals surface area contributed by atoms with Crippen LogP contribution < -0.4 is 5.32 Å². The molecule has 0 saturated carbocycles. The Morgan fingerprint density at radius 2 is 2.21 bits per heavy atom. The van der Waals surface area contributed by atoms with Crippen LogP contribution in [-0.2, 0) is 9.53 Å². The lowest BCUT2D eigenvalue weighted by Crippen LogP contribution is -2.54. The first-order valence-electron chi connectivity index (χ1n) is 6.72. The topological polar surface area (TPSA) is 78.9 Å². The van der Waals surface area contributed by atoms with Gasteiger partial charge in [-0.15, -0.1) is 0 Å². The molecule has 6 heteroatoms. The van der Waals surface area contributed by atoms with E-state index in [2.05, 4.69) is 5.32 Å². The van der Waals surface area contributed by atoms with Crippen molar-refractivity contribution in [3.8, 4) is 0 Å². The number of nitrogens with one attached hydrogen (secondary N) is 1. The van der Waals surface area contributed by atoms with E-state index < -0.39 is 5.97 Å². The molecule has 0 aromatic rings. The third-order valence-electron chi connectivity index (χ3n) is 3.68. The summed E-state index contributed by atoms with van der Waals surface area (Å²) in [5.74, 6) is -0.896. The van der Waals surface area contributed by atoms with Crippen LogP contribution in [-0.4, -0.2) is 53.8 Å². The number of piperidine rings is 1. The number of aliphatic carboxylic acids is 1. The molecule has 1 aliphatic rings. The molecule has 1 heterocycles. The zero-order chi connectivity index (χ0) is 14.5. The molecule has 2 amide bonds. The van der Waals surface area contributed by atoms with Crippen LogP contribution in [0.3, 0.4) is 0 Å². The first-order valence-corrected chi connectivity index (χ1v) is 6.72. The molecular formula is C13H24N2O4. The molecular weight excluding hydrogens is 248 g/mol. The van der Waals surface area contributed by atoms with Gasteiger partial charge in [-0.2, -0.15) is 0 Å². The average Bonchev–Trinajstić information content (AvgIpc) is 2.37. The van der Waals surface area contributed by atoms with Crippen LogP contribution in [0.15, 0.2) is 0 Å². The van der Waals surface area contributed by atoms with E-state index in [0.29, 0.717) is 19.5 Å². The fourth-order valence-corrected chi connectivity index (χ4v) is 2.32. The summed E-state index contributed by atoms with van der Waals surface area (Å²) in [5, 5.41) is 11.6. The second-order valence-electron chi connectivity index (χ2n) is 5.33. The van der Waals surface area contributed by atoms with Gasteiger partial charge in [-0.05, 0) is 26.2 Å². The van der Waals surface area contributed by atoms with Gasteiger partial charge in [0.05, 0.1) is 18.6 Å². The molecule has 2 atom stereocenters. The molecule has 1 saturated heterocycles. The van der Waals surface area contributed by atoms with Gasteiger partial charge in [0.2, 0.25) is 0 Å². The molecule has 2 unspecified atom stereocenters. The Morgan fingerprint density at radius 3 is 2.74 bits per heavy atom. The second kappa shape index (κ2) is 6.75. The predicted molar refractivity (Wildman–Crippen MR) is 71.1 cm³/mol. The highest BCUT2D eigenvalue weighted by Crippen LogP contribution is 2.23. The smallest absolute Gasteiger partial charge is 0.317 e. The Balaban J connectivity index is 2.54. The van der Waals surface area contributed by atoms with Crippen LogP contribution in [0.2, 0.25) is 0 Å². The van der Waals surface area contributed by atoms with Crippen LogP contribution in [0.25, 0.3) is 0 Å². The molecule has 2 N–H and O–H groups in total. The number of methoxy groups -OCH3 is 1. The molecule has 0 aliphatic carbocycles. The number of carbonyl (C=O) groups is 2. The summed E-state index contributed by atoms with van der Waals surface area (Å²) < 4.78 is 5.44. The molecule has 0 aromatic heterocycles. The number of carboxylic acid groups (broad SMARTS) is 1. The zero-order valence-electron chi connectivity index (χ0n) is 11.9. The van der Waals surface area contributed by atoms with Crippen LogP contribution >= 0.6 is 0 Å². The summed E-state index contributed by atoms with van der Waals surface area (Å²) in [6.45, 7) is 5.08. The van der Waals surface area contributed by atoms with Crippen molar-refractivity contribution in [3.63, 3.8) is 0 Å². The Hall–Kier alpha value is -1.30. The van der Waals surface area contributed by atoms with Crippen LogP contribution in [0.5, 0.6) is 0 Å². The quantitative estimate of drug-likeness (QED) is 0.794. The van der Waals surface area contributed by atoms with Crippen molar-refractivity contribution in [2.75, 3.05) is 20.2 Å². The number of carboxylic acids is 1. The maximum absolute atomic E-state index is 12.1. The second-order valence-corrected chi connectivity index (χ2v) is 5.33. The fourth-order valence-electron chi connectivity index (χ4n) is 2.32. The van der Waals surface area contributed by atoms with Crippen molar-refractivity contribution in [1.29, 1.82) is 0 Å². The Morgan fingerprint density at radius 1 is 1.53 bits per heavy atom. The van der Waals surface area contributed by atoms with Crippen molar-refractivity contribution in [2.45, 2.75) is 51.2 Å². The van der Waals surface area contributed by atoms with Gasteiger partial charge in [-0.1, -0.05) is 6.92 Å². The predicted octanol–water partition coefficient (Wildman–Crippen LogP) is 1.45. The van der Waals surface area contributed by atoms with Crippen molar-refractivity contribution < 1.29 is 19.4 Å². The first-order chi connectivity index (χ1) is 8.90. The summed E-state index contributed by atoms with van der Waals surface area (Å²) in [7, 11) is 1.65. The molecule has 1 rings (SSSR count). The van der Waals surface area contributed by atoms with E-state index >= 15 is 0 Å². The number of nitrogens with zero attached hydrogens (tertiary/aromatic N) is 1. The van der Waals surface area contributed by atoms with Crippen molar-refractivity contribution in [1.82, 2.24) is 10.2 Å². The Kier molecular flexibility index (Phi) is 5.60. The number of hydrogen-bond donors (Lipinski definition) is 2. The first kappa shape index (κ1) is 15.8. The average molecular weight is 272 g/mol. The zero-order valence-corrected chi connectivity index (χ0v) is 11.9. The number of urea groups is 1. The van der Waals surface area contributed by atoms with E-state index in [1.165, 1.54) is 0 Å². The van der Waals surface area contributed by atoms with Gasteiger partial charge >= 0.3 is 12.0 Å². The minimum Gasteiger partial charge on any atom is -0.481 e.